The fourth-order valence-electron chi connectivity index (χ4n) is 3.16. The molecule has 0 bridgehead atoms. The summed E-state index contributed by atoms with van der Waals surface area (Å²) in [6.07, 6.45) is 2.50. The Labute approximate surface area is 146 Å². The molecule has 1 aromatic rings. The molecular formula is C19H31NO3S. The SMILES string of the molecule is CCS(=O)(=O)CCCCNC1CC(C)(C)Oc2cc(C)c(C)cc21. The minimum absolute atomic E-state index is 0.197. The van der Waals surface area contributed by atoms with Gasteiger partial charge < -0.3 is 10.1 Å². The summed E-state index contributed by atoms with van der Waals surface area (Å²) in [6, 6.07) is 4.61. The number of nitrogens with one attached hydrogen (secondary N) is 1. The fourth-order valence-corrected chi connectivity index (χ4v) is 4.10. The van der Waals surface area contributed by atoms with Crippen molar-refractivity contribution in [3.63, 3.8) is 0 Å². The molecule has 0 saturated heterocycles. The van der Waals surface area contributed by atoms with Crippen molar-refractivity contribution in [3.8, 4) is 5.75 Å². The van der Waals surface area contributed by atoms with Gasteiger partial charge in [0, 0.05) is 23.8 Å². The first-order valence-electron chi connectivity index (χ1n) is 8.87. The summed E-state index contributed by atoms with van der Waals surface area (Å²) in [5.41, 5.74) is 3.55. The van der Waals surface area contributed by atoms with E-state index in [-0.39, 0.29) is 17.4 Å². The van der Waals surface area contributed by atoms with E-state index in [1.807, 2.05) is 0 Å². The number of hydrogen-bond acceptors (Lipinski definition) is 4. The van der Waals surface area contributed by atoms with E-state index in [0.717, 1.165) is 31.6 Å². The quantitative estimate of drug-likeness (QED) is 0.759. The summed E-state index contributed by atoms with van der Waals surface area (Å²) >= 11 is 0. The van der Waals surface area contributed by atoms with Crippen molar-refractivity contribution in [1.29, 1.82) is 0 Å². The fraction of sp³-hybridized carbons (Fsp3) is 0.684. The number of benzene rings is 1. The van der Waals surface area contributed by atoms with Crippen LogP contribution < -0.4 is 10.1 Å². The zero-order valence-electron chi connectivity index (χ0n) is 15.6. The van der Waals surface area contributed by atoms with Crippen LogP contribution in [0.1, 0.15) is 62.8 Å². The highest BCUT2D eigenvalue weighted by Gasteiger charge is 2.33. The van der Waals surface area contributed by atoms with Crippen molar-refractivity contribution in [2.24, 2.45) is 0 Å². The van der Waals surface area contributed by atoms with Gasteiger partial charge in [-0.2, -0.15) is 0 Å². The van der Waals surface area contributed by atoms with E-state index in [9.17, 15) is 8.42 Å². The maximum Gasteiger partial charge on any atom is 0.150 e. The van der Waals surface area contributed by atoms with Gasteiger partial charge in [0.2, 0.25) is 0 Å². The third-order valence-electron chi connectivity index (χ3n) is 4.80. The summed E-state index contributed by atoms with van der Waals surface area (Å²) in [5.74, 6) is 1.50. The van der Waals surface area contributed by atoms with E-state index in [1.165, 1.54) is 16.7 Å². The number of unbranched alkanes of at least 4 members (excludes halogenated alkanes) is 1. The highest BCUT2D eigenvalue weighted by atomic mass is 32.2. The lowest BCUT2D eigenvalue weighted by molar-refractivity contribution is 0.0659. The van der Waals surface area contributed by atoms with E-state index in [0.29, 0.717) is 5.75 Å². The van der Waals surface area contributed by atoms with Gasteiger partial charge in [-0.3, -0.25) is 0 Å². The number of sulfone groups is 1. The van der Waals surface area contributed by atoms with Crippen molar-refractivity contribution in [1.82, 2.24) is 5.32 Å². The molecule has 1 unspecified atom stereocenters. The minimum Gasteiger partial charge on any atom is -0.487 e. The lowest BCUT2D eigenvalue weighted by Crippen LogP contribution is -2.39. The Morgan fingerprint density at radius 3 is 2.54 bits per heavy atom. The van der Waals surface area contributed by atoms with Crippen LogP contribution in [0.15, 0.2) is 12.1 Å². The molecular weight excluding hydrogens is 322 g/mol. The van der Waals surface area contributed by atoms with E-state index in [4.69, 9.17) is 4.74 Å². The van der Waals surface area contributed by atoms with E-state index >= 15 is 0 Å². The Bertz CT molecular complexity index is 680. The Morgan fingerprint density at radius 1 is 1.21 bits per heavy atom. The molecule has 0 saturated carbocycles. The Morgan fingerprint density at radius 2 is 1.88 bits per heavy atom. The standard InChI is InChI=1S/C19H31NO3S/c1-6-24(21,22)10-8-7-9-20-17-13-19(4,5)23-18-12-15(3)14(2)11-16(17)18/h11-12,17,20H,6-10,13H2,1-5H3. The van der Waals surface area contributed by atoms with Crippen molar-refractivity contribution >= 4 is 9.84 Å². The molecule has 1 N–H and O–H groups in total. The maximum absolute atomic E-state index is 11.5. The Kier molecular flexibility index (Phi) is 5.97. The third kappa shape index (κ3) is 4.96. The summed E-state index contributed by atoms with van der Waals surface area (Å²) in [4.78, 5) is 0. The number of rotatable bonds is 7. The van der Waals surface area contributed by atoms with Crippen LogP contribution in [-0.2, 0) is 9.84 Å². The van der Waals surface area contributed by atoms with Crippen LogP contribution in [0.2, 0.25) is 0 Å². The second-order valence-corrected chi connectivity index (χ2v) is 9.96. The first-order valence-corrected chi connectivity index (χ1v) is 10.7. The van der Waals surface area contributed by atoms with Gasteiger partial charge in [0.25, 0.3) is 0 Å². The molecule has 1 atom stereocenters. The first-order chi connectivity index (χ1) is 11.1. The van der Waals surface area contributed by atoms with Crippen LogP contribution in [0.3, 0.4) is 0 Å². The minimum atomic E-state index is -2.85. The largest absolute Gasteiger partial charge is 0.487 e. The molecule has 5 heteroatoms. The first kappa shape index (κ1) is 19.3. The maximum atomic E-state index is 11.5. The van der Waals surface area contributed by atoms with Crippen molar-refractivity contribution in [2.75, 3.05) is 18.1 Å². The van der Waals surface area contributed by atoms with Crippen LogP contribution in [0.4, 0.5) is 0 Å². The average Bonchev–Trinajstić information content (AvgIpc) is 2.48. The molecule has 0 radical (unpaired) electrons. The highest BCUT2D eigenvalue weighted by Crippen LogP contribution is 2.40. The van der Waals surface area contributed by atoms with Gasteiger partial charge in [0.05, 0.1) is 5.75 Å². The molecule has 1 aliphatic heterocycles. The Hall–Kier alpha value is -1.07. The summed E-state index contributed by atoms with van der Waals surface area (Å²) in [7, 11) is -2.85. The number of fused-ring (bicyclic) bond motifs is 1. The summed E-state index contributed by atoms with van der Waals surface area (Å²) in [6.45, 7) is 11.0. The second-order valence-electron chi connectivity index (χ2n) is 7.49. The molecule has 0 amide bonds. The molecule has 0 fully saturated rings. The van der Waals surface area contributed by atoms with Crippen LogP contribution in [0.25, 0.3) is 0 Å². The van der Waals surface area contributed by atoms with Crippen LogP contribution in [-0.4, -0.2) is 32.1 Å². The topological polar surface area (TPSA) is 55.4 Å². The molecule has 1 aromatic carbocycles. The van der Waals surface area contributed by atoms with Gasteiger partial charge in [-0.15, -0.1) is 0 Å². The molecule has 2 rings (SSSR count). The van der Waals surface area contributed by atoms with Crippen molar-refractivity contribution in [3.05, 3.63) is 28.8 Å². The monoisotopic (exact) mass is 353 g/mol. The smallest absolute Gasteiger partial charge is 0.150 e. The molecule has 136 valence electrons. The summed E-state index contributed by atoms with van der Waals surface area (Å²) < 4.78 is 29.2. The van der Waals surface area contributed by atoms with E-state index < -0.39 is 9.84 Å². The average molecular weight is 354 g/mol. The molecule has 0 aliphatic carbocycles. The molecule has 1 heterocycles. The van der Waals surface area contributed by atoms with Crippen molar-refractivity contribution in [2.45, 2.75) is 65.5 Å². The number of hydrogen-bond donors (Lipinski definition) is 1. The van der Waals surface area contributed by atoms with Crippen LogP contribution >= 0.6 is 0 Å². The second kappa shape index (κ2) is 7.44. The highest BCUT2D eigenvalue weighted by molar-refractivity contribution is 7.91. The molecule has 1 aliphatic rings. The summed E-state index contributed by atoms with van der Waals surface area (Å²) in [5, 5.41) is 3.61. The third-order valence-corrected chi connectivity index (χ3v) is 6.59. The van der Waals surface area contributed by atoms with Gasteiger partial charge in [0.1, 0.15) is 21.2 Å². The molecule has 0 aromatic heterocycles. The normalized spacial score (nSPS) is 19.6. The predicted molar refractivity (Wildman–Crippen MR) is 99.5 cm³/mol. The Balaban J connectivity index is 1.99. The van der Waals surface area contributed by atoms with Crippen LogP contribution in [0.5, 0.6) is 5.75 Å². The van der Waals surface area contributed by atoms with Crippen LogP contribution in [0, 0.1) is 13.8 Å². The molecule has 4 nitrogen and oxygen atoms in total. The lowest BCUT2D eigenvalue weighted by Gasteiger charge is -2.38. The lowest BCUT2D eigenvalue weighted by atomic mass is 9.88. The van der Waals surface area contributed by atoms with E-state index in [1.54, 1.807) is 6.92 Å². The zero-order valence-corrected chi connectivity index (χ0v) is 16.4. The van der Waals surface area contributed by atoms with Gasteiger partial charge in [-0.25, -0.2) is 8.42 Å². The number of ether oxygens (including phenoxy) is 1. The van der Waals surface area contributed by atoms with E-state index in [2.05, 4.69) is 45.1 Å². The van der Waals surface area contributed by atoms with Gasteiger partial charge in [-0.05, 0) is 64.3 Å². The predicted octanol–water partition coefficient (Wildman–Crippen LogP) is 3.71. The number of aryl methyl sites for hydroxylation is 2. The van der Waals surface area contributed by atoms with Gasteiger partial charge >= 0.3 is 0 Å². The zero-order chi connectivity index (χ0) is 18.0. The van der Waals surface area contributed by atoms with Crippen molar-refractivity contribution < 1.29 is 13.2 Å². The van der Waals surface area contributed by atoms with Gasteiger partial charge in [0.15, 0.2) is 0 Å². The van der Waals surface area contributed by atoms with Gasteiger partial charge in [-0.1, -0.05) is 13.0 Å². The molecule has 0 spiro atoms. The molecule has 24 heavy (non-hydrogen) atoms.